The van der Waals surface area contributed by atoms with Gasteiger partial charge in [0.05, 0.1) is 12.4 Å². The molecule has 162 valence electrons. The maximum atomic E-state index is 13.5. The first-order valence-electron chi connectivity index (χ1n) is 10.5. The quantitative estimate of drug-likeness (QED) is 0.555. The van der Waals surface area contributed by atoms with Crippen LogP contribution in [0.3, 0.4) is 0 Å². The Kier molecular flexibility index (Phi) is 4.80. The van der Waals surface area contributed by atoms with Crippen molar-refractivity contribution >= 4 is 11.6 Å². The van der Waals surface area contributed by atoms with Crippen LogP contribution in [0.5, 0.6) is 0 Å². The van der Waals surface area contributed by atoms with Gasteiger partial charge in [-0.1, -0.05) is 48.5 Å². The lowest BCUT2D eigenvalue weighted by Crippen LogP contribution is -2.58. The van der Waals surface area contributed by atoms with Gasteiger partial charge in [0.15, 0.2) is 0 Å². The van der Waals surface area contributed by atoms with Crippen LogP contribution in [0.4, 0.5) is 5.69 Å². The summed E-state index contributed by atoms with van der Waals surface area (Å²) in [6.07, 6.45) is 1.03. The molecule has 0 aromatic heterocycles. The van der Waals surface area contributed by atoms with Crippen molar-refractivity contribution in [2.75, 3.05) is 37.9 Å². The van der Waals surface area contributed by atoms with Crippen LogP contribution in [-0.2, 0) is 20.1 Å². The zero-order chi connectivity index (χ0) is 21.6. The van der Waals surface area contributed by atoms with E-state index in [0.29, 0.717) is 18.2 Å². The maximum absolute atomic E-state index is 13.5. The summed E-state index contributed by atoms with van der Waals surface area (Å²) in [5.41, 5.74) is 1.29. The number of ether oxygens (including phenoxy) is 2. The van der Waals surface area contributed by atoms with Crippen molar-refractivity contribution < 1.29 is 19.2 Å². The van der Waals surface area contributed by atoms with E-state index in [1.165, 1.54) is 12.5 Å². The summed E-state index contributed by atoms with van der Waals surface area (Å²) in [6.45, 7) is 3.28. The molecule has 3 heterocycles. The summed E-state index contributed by atoms with van der Waals surface area (Å²) < 4.78 is 11.7. The van der Waals surface area contributed by atoms with E-state index in [9.17, 15) is 14.9 Å². The first-order chi connectivity index (χ1) is 14.9. The van der Waals surface area contributed by atoms with Crippen molar-refractivity contribution in [1.82, 2.24) is 4.90 Å². The molecule has 1 spiro atoms. The SMILES string of the molecule is CC1([N+](=O)[O-])COC2(OC1)C(=O)N(CN1CCC(c3ccccc3)C1)c1ccccc12. The van der Waals surface area contributed by atoms with E-state index in [2.05, 4.69) is 29.2 Å². The van der Waals surface area contributed by atoms with Gasteiger partial charge in [-0.3, -0.25) is 24.7 Å². The Morgan fingerprint density at radius 1 is 1.10 bits per heavy atom. The predicted octanol–water partition coefficient (Wildman–Crippen LogP) is 2.72. The maximum Gasteiger partial charge on any atom is 0.293 e. The molecule has 0 saturated carbocycles. The van der Waals surface area contributed by atoms with E-state index in [1.54, 1.807) is 11.0 Å². The molecule has 1 unspecified atom stereocenters. The Bertz CT molecular complexity index is 1000. The molecule has 0 radical (unpaired) electrons. The fraction of sp³-hybridized carbons (Fsp3) is 0.435. The summed E-state index contributed by atoms with van der Waals surface area (Å²) >= 11 is 0. The fourth-order valence-corrected chi connectivity index (χ4v) is 4.67. The van der Waals surface area contributed by atoms with Crippen LogP contribution in [-0.4, -0.2) is 54.2 Å². The molecule has 0 N–H and O–H groups in total. The highest BCUT2D eigenvalue weighted by atomic mass is 16.7. The highest BCUT2D eigenvalue weighted by Gasteiger charge is 2.60. The molecule has 0 aliphatic carbocycles. The zero-order valence-corrected chi connectivity index (χ0v) is 17.4. The second kappa shape index (κ2) is 7.40. The summed E-state index contributed by atoms with van der Waals surface area (Å²) in [4.78, 5) is 28.5. The lowest BCUT2D eigenvalue weighted by molar-refractivity contribution is -0.590. The van der Waals surface area contributed by atoms with Gasteiger partial charge in [-0.25, -0.2) is 0 Å². The zero-order valence-electron chi connectivity index (χ0n) is 17.4. The van der Waals surface area contributed by atoms with Crippen molar-refractivity contribution in [3.8, 4) is 0 Å². The molecule has 2 aromatic carbocycles. The minimum atomic E-state index is -1.61. The van der Waals surface area contributed by atoms with E-state index >= 15 is 0 Å². The normalized spacial score (nSPS) is 30.7. The van der Waals surface area contributed by atoms with Crippen LogP contribution in [0.25, 0.3) is 0 Å². The third kappa shape index (κ3) is 3.22. The molecule has 2 aromatic rings. The number of benzene rings is 2. The van der Waals surface area contributed by atoms with Gasteiger partial charge >= 0.3 is 0 Å². The molecule has 3 aliphatic rings. The van der Waals surface area contributed by atoms with Crippen LogP contribution < -0.4 is 4.90 Å². The van der Waals surface area contributed by atoms with Crippen molar-refractivity contribution in [3.63, 3.8) is 0 Å². The molecule has 1 atom stereocenters. The molecule has 2 fully saturated rings. The molecule has 8 heteroatoms. The van der Waals surface area contributed by atoms with Gasteiger partial charge in [-0.05, 0) is 24.0 Å². The lowest BCUT2D eigenvalue weighted by Gasteiger charge is -2.37. The van der Waals surface area contributed by atoms with Gasteiger partial charge in [0.2, 0.25) is 0 Å². The molecular weight excluding hydrogens is 398 g/mol. The number of carbonyl (C=O) groups is 1. The first kappa shape index (κ1) is 20.1. The second-order valence-electron chi connectivity index (χ2n) is 8.81. The predicted molar refractivity (Wildman–Crippen MR) is 113 cm³/mol. The molecule has 0 bridgehead atoms. The van der Waals surface area contributed by atoms with Gasteiger partial charge in [-0.2, -0.15) is 0 Å². The number of anilines is 1. The smallest absolute Gasteiger partial charge is 0.293 e. The second-order valence-corrected chi connectivity index (χ2v) is 8.81. The summed E-state index contributed by atoms with van der Waals surface area (Å²) in [6, 6.07) is 17.8. The first-order valence-corrected chi connectivity index (χ1v) is 10.5. The number of nitro groups is 1. The largest absolute Gasteiger partial charge is 0.331 e. The number of fused-ring (bicyclic) bond motifs is 2. The third-order valence-corrected chi connectivity index (χ3v) is 6.57. The van der Waals surface area contributed by atoms with E-state index < -0.39 is 16.2 Å². The van der Waals surface area contributed by atoms with Crippen LogP contribution in [0.1, 0.15) is 30.4 Å². The van der Waals surface area contributed by atoms with E-state index in [-0.39, 0.29) is 19.1 Å². The minimum absolute atomic E-state index is 0.187. The number of hydrogen-bond acceptors (Lipinski definition) is 6. The standard InChI is InChI=1S/C23H25N3O5/c1-22(26(28)29)14-30-23(31-15-22)19-9-5-6-10-20(19)25(21(23)27)16-24-12-11-18(13-24)17-7-3-2-4-8-17/h2-10,18H,11-16H2,1H3. The number of likely N-dealkylation sites (tertiary alicyclic amines) is 1. The van der Waals surface area contributed by atoms with E-state index in [0.717, 1.165) is 25.2 Å². The Balaban J connectivity index is 1.37. The average Bonchev–Trinajstić information content (AvgIpc) is 3.35. The topological polar surface area (TPSA) is 85.2 Å². The Hall–Kier alpha value is -2.81. The molecular formula is C23H25N3O5. The highest BCUT2D eigenvalue weighted by molar-refractivity contribution is 6.06. The number of hydrogen-bond donors (Lipinski definition) is 0. The Labute approximate surface area is 180 Å². The van der Waals surface area contributed by atoms with E-state index in [4.69, 9.17) is 9.47 Å². The van der Waals surface area contributed by atoms with Crippen LogP contribution >= 0.6 is 0 Å². The van der Waals surface area contributed by atoms with Crippen LogP contribution in [0, 0.1) is 10.1 Å². The number of amides is 1. The van der Waals surface area contributed by atoms with E-state index in [1.807, 2.05) is 24.3 Å². The van der Waals surface area contributed by atoms with Crippen molar-refractivity contribution in [2.24, 2.45) is 0 Å². The van der Waals surface area contributed by atoms with Gasteiger partial charge in [0, 0.05) is 30.5 Å². The number of rotatable bonds is 4. The molecule has 1 amide bonds. The van der Waals surface area contributed by atoms with Crippen molar-refractivity contribution in [3.05, 3.63) is 75.8 Å². The van der Waals surface area contributed by atoms with Gasteiger partial charge in [-0.15, -0.1) is 0 Å². The molecule has 5 rings (SSSR count). The van der Waals surface area contributed by atoms with Gasteiger partial charge < -0.3 is 9.47 Å². The summed E-state index contributed by atoms with van der Waals surface area (Å²) in [5.74, 6) is -1.49. The van der Waals surface area contributed by atoms with Crippen molar-refractivity contribution in [1.29, 1.82) is 0 Å². The average molecular weight is 423 g/mol. The Morgan fingerprint density at radius 3 is 2.48 bits per heavy atom. The lowest BCUT2D eigenvalue weighted by atomic mass is 9.99. The molecule has 31 heavy (non-hydrogen) atoms. The van der Waals surface area contributed by atoms with Crippen LogP contribution in [0.2, 0.25) is 0 Å². The monoisotopic (exact) mass is 423 g/mol. The molecule has 2 saturated heterocycles. The van der Waals surface area contributed by atoms with Crippen molar-refractivity contribution in [2.45, 2.75) is 30.6 Å². The van der Waals surface area contributed by atoms with Crippen LogP contribution in [0.15, 0.2) is 54.6 Å². The fourth-order valence-electron chi connectivity index (χ4n) is 4.67. The Morgan fingerprint density at radius 2 is 1.77 bits per heavy atom. The summed E-state index contributed by atoms with van der Waals surface area (Å²) in [5, 5.41) is 11.4. The third-order valence-electron chi connectivity index (χ3n) is 6.57. The highest BCUT2D eigenvalue weighted by Crippen LogP contribution is 2.46. The van der Waals surface area contributed by atoms with Gasteiger partial charge in [0.1, 0.15) is 13.2 Å². The minimum Gasteiger partial charge on any atom is -0.331 e. The summed E-state index contributed by atoms with van der Waals surface area (Å²) in [7, 11) is 0. The van der Waals surface area contributed by atoms with Gasteiger partial charge in [0.25, 0.3) is 17.2 Å². The molecule has 3 aliphatic heterocycles. The number of carbonyl (C=O) groups excluding carboxylic acids is 1. The molecule has 8 nitrogen and oxygen atoms in total. The number of para-hydroxylation sites is 1. The number of nitrogens with zero attached hydrogens (tertiary/aromatic N) is 3.